The van der Waals surface area contributed by atoms with Gasteiger partial charge in [-0.3, -0.25) is 28.9 Å². The number of ketones is 1. The second-order valence-electron chi connectivity index (χ2n) is 9.32. The van der Waals surface area contributed by atoms with E-state index in [1.807, 2.05) is 0 Å². The van der Waals surface area contributed by atoms with Gasteiger partial charge in [-0.2, -0.15) is 0 Å². The molecule has 246 valence electrons. The zero-order valence-electron chi connectivity index (χ0n) is 25.0. The third kappa shape index (κ3) is 10.5. The van der Waals surface area contributed by atoms with E-state index in [4.69, 9.17) is 4.74 Å². The number of carbonyl (C=O) groups is 6. The Morgan fingerprint density at radius 3 is 1.70 bits per heavy atom. The summed E-state index contributed by atoms with van der Waals surface area (Å²) in [5.74, 6) is -1.33. The van der Waals surface area contributed by atoms with Gasteiger partial charge in [0.25, 0.3) is 23.6 Å². The molecule has 0 unspecified atom stereocenters. The zero-order chi connectivity index (χ0) is 33.1. The molecule has 1 N–H and O–H groups in total. The molecular formula is C34H41N3O9. The molecule has 2 aromatic carbocycles. The number of hydrogen-bond acceptors (Lipinski definition) is 9. The second kappa shape index (κ2) is 18.2. The summed E-state index contributed by atoms with van der Waals surface area (Å²) >= 11 is 0. The minimum Gasteiger partial charge on any atom is -0.508 e. The summed E-state index contributed by atoms with van der Waals surface area (Å²) in [7, 11) is 3.15. The zero-order valence-corrected chi connectivity index (χ0v) is 25.0. The molecule has 0 atom stereocenters. The molecule has 0 aromatic heterocycles. The highest BCUT2D eigenvalue weighted by Gasteiger charge is 2.34. The summed E-state index contributed by atoms with van der Waals surface area (Å²) in [6.07, 6.45) is 5.96. The molecule has 0 saturated heterocycles. The second-order valence-corrected chi connectivity index (χ2v) is 9.32. The number of Topliss-reactive ketones (excluding diaryl/α,β-unsaturated/α-hetero) is 1. The molecule has 5 rings (SSSR count). The fraction of sp³-hybridized carbons (Fsp3) is 0.235. The third-order valence-corrected chi connectivity index (χ3v) is 6.03. The first-order valence-electron chi connectivity index (χ1n) is 13.0. The number of phenols is 1. The van der Waals surface area contributed by atoms with E-state index in [-0.39, 0.29) is 56.7 Å². The molecule has 0 bridgehead atoms. The van der Waals surface area contributed by atoms with Crippen LogP contribution in [0, 0.1) is 6.92 Å². The smallest absolute Gasteiger partial charge is 0.330 e. The van der Waals surface area contributed by atoms with Gasteiger partial charge in [0.2, 0.25) is 0 Å². The molecule has 4 amide bonds. The van der Waals surface area contributed by atoms with Gasteiger partial charge in [-0.05, 0) is 49.8 Å². The number of amides is 4. The lowest BCUT2D eigenvalue weighted by atomic mass is 10.1. The highest BCUT2D eigenvalue weighted by molar-refractivity contribution is 6.21. The SMILES string of the molecule is C.C.C=C1C=CC(=O)N1C.C=C1C=CC(=O)N1OC(C)=O.CC(=O)c1ccc(C)c(O)c1.COCN1C(=O)c2ccccc2C1=O. The Morgan fingerprint density at radius 2 is 1.35 bits per heavy atom. The van der Waals surface area contributed by atoms with Crippen LogP contribution < -0.4 is 0 Å². The lowest BCUT2D eigenvalue weighted by Crippen LogP contribution is -2.31. The number of fused-ring (bicyclic) bond motifs is 1. The van der Waals surface area contributed by atoms with Crippen molar-refractivity contribution in [3.8, 4) is 5.75 Å². The third-order valence-electron chi connectivity index (χ3n) is 6.03. The normalized spacial score (nSPS) is 13.8. The fourth-order valence-corrected chi connectivity index (χ4v) is 3.52. The van der Waals surface area contributed by atoms with E-state index < -0.39 is 5.97 Å². The standard InChI is InChI=1S/C10H9NO3.C9H10O2.C7H7NO3.C6H7NO.2CH4/c1-14-6-11-9(12)7-4-2-3-5-8(7)10(11)13;1-6-3-4-8(7(2)10)5-9(6)11;1-5-3-4-7(10)8(5)11-6(2)9;1-5-3-4-6(8)7(5)2;;/h2-5H,6H2,1H3;3-5,11H,1-2H3;3-4H,1H2,2H3;3-4H,1H2,2H3;2*1H4. The number of hydrogen-bond donors (Lipinski definition) is 1. The molecule has 0 fully saturated rings. The summed E-state index contributed by atoms with van der Waals surface area (Å²) in [6.45, 7) is 11.6. The highest BCUT2D eigenvalue weighted by atomic mass is 16.7. The van der Waals surface area contributed by atoms with Crippen molar-refractivity contribution in [2.75, 3.05) is 20.9 Å². The van der Waals surface area contributed by atoms with Crippen LogP contribution in [0.1, 0.15) is 65.3 Å². The Morgan fingerprint density at radius 1 is 0.826 bits per heavy atom. The van der Waals surface area contributed by atoms with E-state index >= 15 is 0 Å². The average Bonchev–Trinajstić information content (AvgIpc) is 3.55. The number of carbonyl (C=O) groups excluding carboxylic acids is 6. The van der Waals surface area contributed by atoms with Crippen LogP contribution in [0.5, 0.6) is 5.75 Å². The van der Waals surface area contributed by atoms with Crippen molar-refractivity contribution in [3.05, 3.63) is 114 Å². The molecule has 12 nitrogen and oxygen atoms in total. The average molecular weight is 636 g/mol. The first kappa shape index (κ1) is 40.4. The predicted octanol–water partition coefficient (Wildman–Crippen LogP) is 4.97. The molecule has 0 saturated carbocycles. The highest BCUT2D eigenvalue weighted by Crippen LogP contribution is 2.22. The number of rotatable bonds is 4. The number of allylic oxidation sites excluding steroid dienone is 2. The quantitative estimate of drug-likeness (QED) is 0.363. The monoisotopic (exact) mass is 635 g/mol. The van der Waals surface area contributed by atoms with Crippen molar-refractivity contribution >= 4 is 35.4 Å². The Hall–Kier alpha value is -5.62. The minimum absolute atomic E-state index is 0. The van der Waals surface area contributed by atoms with Crippen molar-refractivity contribution in [2.45, 2.75) is 35.6 Å². The predicted molar refractivity (Wildman–Crippen MR) is 173 cm³/mol. The first-order valence-corrected chi connectivity index (χ1v) is 13.0. The van der Waals surface area contributed by atoms with E-state index in [2.05, 4.69) is 18.0 Å². The van der Waals surface area contributed by atoms with Gasteiger partial charge in [-0.25, -0.2) is 4.79 Å². The summed E-state index contributed by atoms with van der Waals surface area (Å²) in [4.78, 5) is 72.9. The molecule has 12 heteroatoms. The first-order chi connectivity index (χ1) is 20.7. The lowest BCUT2D eigenvalue weighted by Gasteiger charge is -2.13. The van der Waals surface area contributed by atoms with Gasteiger partial charge in [-0.1, -0.05) is 52.3 Å². The number of methoxy groups -OCH3 is 1. The van der Waals surface area contributed by atoms with Crippen molar-refractivity contribution in [1.82, 2.24) is 14.9 Å². The number of hydroxylamine groups is 2. The maximum absolute atomic E-state index is 11.6. The van der Waals surface area contributed by atoms with E-state index in [1.54, 1.807) is 56.4 Å². The number of benzene rings is 2. The molecule has 3 aliphatic heterocycles. The maximum Gasteiger partial charge on any atom is 0.330 e. The van der Waals surface area contributed by atoms with Crippen LogP contribution in [-0.2, 0) is 24.0 Å². The van der Waals surface area contributed by atoms with E-state index in [1.165, 1.54) is 50.2 Å². The summed E-state index contributed by atoms with van der Waals surface area (Å²) in [5.41, 5.74) is 3.37. The summed E-state index contributed by atoms with van der Waals surface area (Å²) in [5, 5.41) is 10.0. The van der Waals surface area contributed by atoms with Crippen LogP contribution in [0.4, 0.5) is 0 Å². The van der Waals surface area contributed by atoms with Gasteiger partial charge in [0.1, 0.15) is 12.5 Å². The van der Waals surface area contributed by atoms with Crippen molar-refractivity contribution < 1.29 is 43.4 Å². The number of imide groups is 1. The van der Waals surface area contributed by atoms with E-state index in [0.717, 1.165) is 21.2 Å². The summed E-state index contributed by atoms with van der Waals surface area (Å²) in [6, 6.07) is 11.7. The van der Waals surface area contributed by atoms with Crippen LogP contribution in [0.15, 0.2) is 91.3 Å². The minimum atomic E-state index is -0.539. The Bertz CT molecular complexity index is 1500. The van der Waals surface area contributed by atoms with Crippen LogP contribution in [0.25, 0.3) is 0 Å². The number of ether oxygens (including phenoxy) is 1. The number of nitrogens with zero attached hydrogens (tertiary/aromatic N) is 3. The van der Waals surface area contributed by atoms with Gasteiger partial charge < -0.3 is 19.6 Å². The number of aromatic hydroxyl groups is 1. The van der Waals surface area contributed by atoms with Crippen LogP contribution in [0.2, 0.25) is 0 Å². The topological polar surface area (TPSA) is 151 Å². The van der Waals surface area contributed by atoms with Gasteiger partial charge in [0.15, 0.2) is 5.78 Å². The molecule has 0 radical (unpaired) electrons. The lowest BCUT2D eigenvalue weighted by molar-refractivity contribution is -0.183. The van der Waals surface area contributed by atoms with E-state index in [9.17, 15) is 33.9 Å². The largest absolute Gasteiger partial charge is 0.508 e. The van der Waals surface area contributed by atoms with Gasteiger partial charge in [0, 0.05) is 44.5 Å². The van der Waals surface area contributed by atoms with Crippen LogP contribution >= 0.6 is 0 Å². The molecule has 3 heterocycles. The van der Waals surface area contributed by atoms with Crippen LogP contribution in [-0.4, -0.2) is 76.2 Å². The number of aryl methyl sites for hydroxylation is 1. The van der Waals surface area contributed by atoms with E-state index in [0.29, 0.717) is 22.4 Å². The summed E-state index contributed by atoms with van der Waals surface area (Å²) < 4.78 is 4.78. The van der Waals surface area contributed by atoms with Gasteiger partial charge >= 0.3 is 5.97 Å². The van der Waals surface area contributed by atoms with Crippen molar-refractivity contribution in [3.63, 3.8) is 0 Å². The van der Waals surface area contributed by atoms with Crippen molar-refractivity contribution in [1.29, 1.82) is 0 Å². The van der Waals surface area contributed by atoms with Crippen LogP contribution in [0.3, 0.4) is 0 Å². The van der Waals surface area contributed by atoms with Crippen molar-refractivity contribution in [2.24, 2.45) is 0 Å². The molecule has 0 aliphatic carbocycles. The number of phenolic OH excluding ortho intramolecular Hbond substituents is 1. The fourth-order valence-electron chi connectivity index (χ4n) is 3.52. The molecule has 2 aromatic rings. The Kier molecular flexibility index (Phi) is 16.0. The Labute approximate surface area is 269 Å². The Balaban J connectivity index is 0.000000589. The molecular weight excluding hydrogens is 594 g/mol. The molecule has 0 spiro atoms. The molecule has 46 heavy (non-hydrogen) atoms. The molecule has 3 aliphatic rings. The van der Waals surface area contributed by atoms with Gasteiger partial charge in [-0.15, -0.1) is 5.06 Å². The number of likely N-dealkylation sites (N-methyl/N-ethyl adjacent to an activating group) is 1. The maximum atomic E-state index is 11.6. The van der Waals surface area contributed by atoms with Gasteiger partial charge in [0.05, 0.1) is 16.8 Å².